The van der Waals surface area contributed by atoms with E-state index in [2.05, 4.69) is 0 Å². The second-order valence-corrected chi connectivity index (χ2v) is 8.23. The zero-order chi connectivity index (χ0) is 15.5. The second kappa shape index (κ2) is 7.32. The Morgan fingerprint density at radius 1 is 1.19 bits per heavy atom. The van der Waals surface area contributed by atoms with E-state index in [1.54, 1.807) is 19.2 Å². The number of sulfonamides is 1. The summed E-state index contributed by atoms with van der Waals surface area (Å²) in [5.74, 6) is 0.275. The zero-order valence-electron chi connectivity index (χ0n) is 12.2. The highest BCUT2D eigenvalue weighted by molar-refractivity contribution is 7.89. The fourth-order valence-electron chi connectivity index (χ4n) is 2.78. The van der Waals surface area contributed by atoms with E-state index in [1.807, 2.05) is 0 Å². The van der Waals surface area contributed by atoms with Gasteiger partial charge in [0.15, 0.2) is 0 Å². The van der Waals surface area contributed by atoms with Gasteiger partial charge in [0.05, 0.1) is 4.90 Å². The topological polar surface area (TPSA) is 37.4 Å². The molecule has 21 heavy (non-hydrogen) atoms. The Hall–Kier alpha value is -0.290. The van der Waals surface area contributed by atoms with Gasteiger partial charge in [-0.2, -0.15) is 4.31 Å². The molecule has 0 N–H and O–H groups in total. The van der Waals surface area contributed by atoms with Crippen LogP contribution < -0.4 is 0 Å². The SMILES string of the molecule is CN(C1CCCCCC1)S(=O)(=O)c1ccc(CCl)c(Cl)c1. The summed E-state index contributed by atoms with van der Waals surface area (Å²) < 4.78 is 27.0. The highest BCUT2D eigenvalue weighted by atomic mass is 35.5. The van der Waals surface area contributed by atoms with Gasteiger partial charge in [0, 0.05) is 24.0 Å². The molecule has 0 aliphatic heterocycles. The van der Waals surface area contributed by atoms with Gasteiger partial charge in [-0.15, -0.1) is 11.6 Å². The molecule has 3 nitrogen and oxygen atoms in total. The summed E-state index contributed by atoms with van der Waals surface area (Å²) in [6.07, 6.45) is 6.45. The van der Waals surface area contributed by atoms with Crippen LogP contribution in [-0.2, 0) is 15.9 Å². The minimum Gasteiger partial charge on any atom is -0.207 e. The average Bonchev–Trinajstić information content (AvgIpc) is 2.75. The van der Waals surface area contributed by atoms with E-state index >= 15 is 0 Å². The molecule has 1 aromatic carbocycles. The van der Waals surface area contributed by atoms with Crippen LogP contribution >= 0.6 is 23.2 Å². The number of nitrogens with zero attached hydrogens (tertiary/aromatic N) is 1. The van der Waals surface area contributed by atoms with E-state index in [4.69, 9.17) is 23.2 Å². The van der Waals surface area contributed by atoms with Crippen molar-refractivity contribution in [3.8, 4) is 0 Å². The molecule has 0 spiro atoms. The molecule has 0 atom stereocenters. The molecule has 1 saturated carbocycles. The molecule has 0 amide bonds. The summed E-state index contributed by atoms with van der Waals surface area (Å²) in [7, 11) is -1.82. The van der Waals surface area contributed by atoms with E-state index in [9.17, 15) is 8.42 Å². The minimum atomic E-state index is -3.50. The standard InChI is InChI=1S/C15H21Cl2NO2S/c1-18(13-6-4-2-3-5-7-13)21(19,20)14-9-8-12(11-16)15(17)10-14/h8-10,13H,2-7,11H2,1H3. The summed E-state index contributed by atoms with van der Waals surface area (Å²) in [4.78, 5) is 0.244. The number of rotatable bonds is 4. The molecule has 6 heteroatoms. The van der Waals surface area contributed by atoms with Gasteiger partial charge in [0.2, 0.25) is 10.0 Å². The molecule has 0 heterocycles. The summed E-state index contributed by atoms with van der Waals surface area (Å²) in [5, 5.41) is 0.403. The van der Waals surface area contributed by atoms with Crippen LogP contribution in [-0.4, -0.2) is 25.8 Å². The van der Waals surface area contributed by atoms with Gasteiger partial charge in [-0.1, -0.05) is 43.4 Å². The van der Waals surface area contributed by atoms with Crippen molar-refractivity contribution in [1.29, 1.82) is 0 Å². The lowest BCUT2D eigenvalue weighted by molar-refractivity contribution is 0.335. The third-order valence-corrected chi connectivity index (χ3v) is 6.73. The Labute approximate surface area is 137 Å². The number of halogens is 2. The number of hydrogen-bond acceptors (Lipinski definition) is 2. The smallest absolute Gasteiger partial charge is 0.207 e. The molecule has 1 fully saturated rings. The number of alkyl halides is 1. The van der Waals surface area contributed by atoms with Gasteiger partial charge in [0.1, 0.15) is 0 Å². The van der Waals surface area contributed by atoms with Crippen molar-refractivity contribution in [2.75, 3.05) is 7.05 Å². The fourth-order valence-corrected chi connectivity index (χ4v) is 4.84. The quantitative estimate of drug-likeness (QED) is 0.595. The highest BCUT2D eigenvalue weighted by Gasteiger charge is 2.28. The van der Waals surface area contributed by atoms with Gasteiger partial charge >= 0.3 is 0 Å². The maximum Gasteiger partial charge on any atom is 0.243 e. The molecular weight excluding hydrogens is 329 g/mol. The summed E-state index contributed by atoms with van der Waals surface area (Å²) in [5.41, 5.74) is 0.745. The molecule has 1 aromatic rings. The van der Waals surface area contributed by atoms with Crippen molar-refractivity contribution in [1.82, 2.24) is 4.31 Å². The zero-order valence-corrected chi connectivity index (χ0v) is 14.5. The van der Waals surface area contributed by atoms with Crippen LogP contribution in [0.2, 0.25) is 5.02 Å². The minimum absolute atomic E-state index is 0.0870. The Morgan fingerprint density at radius 2 is 1.81 bits per heavy atom. The van der Waals surface area contributed by atoms with Crippen LogP contribution in [0, 0.1) is 0 Å². The number of benzene rings is 1. The first-order valence-corrected chi connectivity index (χ1v) is 9.64. The summed E-state index contributed by atoms with van der Waals surface area (Å²) in [6, 6.07) is 4.86. The van der Waals surface area contributed by atoms with Crippen molar-refractivity contribution in [2.24, 2.45) is 0 Å². The monoisotopic (exact) mass is 349 g/mol. The Balaban J connectivity index is 2.25. The van der Waals surface area contributed by atoms with E-state index in [1.165, 1.54) is 23.2 Å². The molecule has 2 rings (SSSR count). The molecule has 118 valence electrons. The first kappa shape index (κ1) is 17.1. The summed E-state index contributed by atoms with van der Waals surface area (Å²) in [6.45, 7) is 0. The lowest BCUT2D eigenvalue weighted by atomic mass is 10.1. The predicted molar refractivity (Wildman–Crippen MR) is 87.4 cm³/mol. The average molecular weight is 350 g/mol. The van der Waals surface area contributed by atoms with Crippen LogP contribution in [0.4, 0.5) is 0 Å². The van der Waals surface area contributed by atoms with Crippen molar-refractivity contribution >= 4 is 33.2 Å². The molecule has 1 aliphatic rings. The molecule has 1 aliphatic carbocycles. The van der Waals surface area contributed by atoms with Gasteiger partial charge in [0.25, 0.3) is 0 Å². The Bertz CT molecular complexity index is 581. The van der Waals surface area contributed by atoms with Crippen molar-refractivity contribution in [2.45, 2.75) is 55.3 Å². The predicted octanol–water partition coefficient (Wildman–Crippen LogP) is 4.42. The van der Waals surface area contributed by atoms with Crippen LogP contribution in [0.25, 0.3) is 0 Å². The molecule has 0 bridgehead atoms. The van der Waals surface area contributed by atoms with Gasteiger partial charge in [-0.3, -0.25) is 0 Å². The molecule has 0 unspecified atom stereocenters. The molecule has 0 radical (unpaired) electrons. The van der Waals surface area contributed by atoms with Crippen LogP contribution in [0.1, 0.15) is 44.1 Å². The second-order valence-electron chi connectivity index (χ2n) is 5.55. The van der Waals surface area contributed by atoms with Crippen molar-refractivity contribution in [3.05, 3.63) is 28.8 Å². The van der Waals surface area contributed by atoms with Crippen LogP contribution in [0.3, 0.4) is 0 Å². The van der Waals surface area contributed by atoms with Crippen LogP contribution in [0.5, 0.6) is 0 Å². The lowest BCUT2D eigenvalue weighted by Gasteiger charge is -2.26. The van der Waals surface area contributed by atoms with E-state index in [0.29, 0.717) is 5.02 Å². The summed E-state index contributed by atoms with van der Waals surface area (Å²) >= 11 is 11.8. The third kappa shape index (κ3) is 3.92. The highest BCUT2D eigenvalue weighted by Crippen LogP contribution is 2.28. The molecular formula is C15H21Cl2NO2S. The van der Waals surface area contributed by atoms with E-state index in [0.717, 1.165) is 31.2 Å². The van der Waals surface area contributed by atoms with E-state index in [-0.39, 0.29) is 16.8 Å². The first-order valence-electron chi connectivity index (χ1n) is 7.29. The maximum absolute atomic E-state index is 12.7. The fraction of sp³-hybridized carbons (Fsp3) is 0.600. The Kier molecular flexibility index (Phi) is 5.95. The molecule has 0 saturated heterocycles. The number of hydrogen-bond donors (Lipinski definition) is 0. The van der Waals surface area contributed by atoms with Crippen molar-refractivity contribution in [3.63, 3.8) is 0 Å². The third-order valence-electron chi connectivity index (χ3n) is 4.18. The normalized spacial score (nSPS) is 17.9. The van der Waals surface area contributed by atoms with Gasteiger partial charge in [-0.25, -0.2) is 8.42 Å². The lowest BCUT2D eigenvalue weighted by Crippen LogP contribution is -2.36. The molecule has 0 aromatic heterocycles. The van der Waals surface area contributed by atoms with Crippen molar-refractivity contribution < 1.29 is 8.42 Å². The van der Waals surface area contributed by atoms with Gasteiger partial charge < -0.3 is 0 Å². The largest absolute Gasteiger partial charge is 0.243 e. The van der Waals surface area contributed by atoms with Crippen LogP contribution in [0.15, 0.2) is 23.1 Å². The van der Waals surface area contributed by atoms with E-state index < -0.39 is 10.0 Å². The van der Waals surface area contributed by atoms with Gasteiger partial charge in [-0.05, 0) is 30.5 Å². The Morgan fingerprint density at radius 3 is 2.33 bits per heavy atom. The maximum atomic E-state index is 12.7. The first-order chi connectivity index (χ1) is 9.96.